The summed E-state index contributed by atoms with van der Waals surface area (Å²) in [5.41, 5.74) is 1.73. The van der Waals surface area contributed by atoms with E-state index in [0.717, 1.165) is 5.56 Å². The Bertz CT molecular complexity index is 1070. The minimum Gasteiger partial charge on any atom is -0.402 e. The SMILES string of the molecule is CCN(CC)S(=O)(=O)c1ccc(C2=N/C(=C\C=C\c3ccccc3)C(=O)O2)cc1. The van der Waals surface area contributed by atoms with Crippen LogP contribution in [0.2, 0.25) is 0 Å². The number of hydrogen-bond donors (Lipinski definition) is 0. The molecule has 2 aromatic carbocycles. The number of cyclic esters (lactones) is 1. The lowest BCUT2D eigenvalue weighted by Gasteiger charge is -2.18. The summed E-state index contributed by atoms with van der Waals surface area (Å²) in [6.45, 7) is 4.38. The molecule has 29 heavy (non-hydrogen) atoms. The summed E-state index contributed by atoms with van der Waals surface area (Å²) in [5.74, 6) is -0.390. The smallest absolute Gasteiger partial charge is 0.363 e. The molecule has 0 aromatic heterocycles. The van der Waals surface area contributed by atoms with Crippen LogP contribution in [0, 0.1) is 0 Å². The number of sulfonamides is 1. The van der Waals surface area contributed by atoms with Crippen LogP contribution in [0.4, 0.5) is 0 Å². The summed E-state index contributed by atoms with van der Waals surface area (Å²) in [7, 11) is -3.54. The van der Waals surface area contributed by atoms with E-state index in [-0.39, 0.29) is 16.5 Å². The van der Waals surface area contributed by atoms with Crippen LogP contribution >= 0.6 is 0 Å². The molecular weight excluding hydrogens is 388 g/mol. The second-order valence-electron chi connectivity index (χ2n) is 6.24. The number of allylic oxidation sites excluding steroid dienone is 2. The van der Waals surface area contributed by atoms with Gasteiger partial charge >= 0.3 is 5.97 Å². The molecule has 1 aliphatic rings. The van der Waals surface area contributed by atoms with E-state index in [4.69, 9.17) is 4.74 Å². The van der Waals surface area contributed by atoms with Crippen LogP contribution in [0.15, 0.2) is 82.3 Å². The fraction of sp³-hybridized carbons (Fsp3) is 0.182. The summed E-state index contributed by atoms with van der Waals surface area (Å²) < 4.78 is 31.7. The van der Waals surface area contributed by atoms with Crippen molar-refractivity contribution in [2.45, 2.75) is 18.7 Å². The molecule has 3 rings (SSSR count). The van der Waals surface area contributed by atoms with Crippen molar-refractivity contribution in [3.63, 3.8) is 0 Å². The Kier molecular flexibility index (Phi) is 6.41. The van der Waals surface area contributed by atoms with Gasteiger partial charge < -0.3 is 4.74 Å². The monoisotopic (exact) mass is 410 g/mol. The molecule has 0 atom stereocenters. The van der Waals surface area contributed by atoms with Crippen LogP contribution < -0.4 is 0 Å². The molecule has 1 aliphatic heterocycles. The van der Waals surface area contributed by atoms with Gasteiger partial charge in [-0.1, -0.05) is 56.3 Å². The van der Waals surface area contributed by atoms with Crippen LogP contribution in [0.25, 0.3) is 6.08 Å². The van der Waals surface area contributed by atoms with Gasteiger partial charge in [0.2, 0.25) is 15.9 Å². The van der Waals surface area contributed by atoms with Crippen molar-refractivity contribution < 1.29 is 17.9 Å². The zero-order valence-corrected chi connectivity index (χ0v) is 17.1. The zero-order valence-electron chi connectivity index (χ0n) is 16.3. The predicted molar refractivity (Wildman–Crippen MR) is 113 cm³/mol. The van der Waals surface area contributed by atoms with Gasteiger partial charge in [0, 0.05) is 18.7 Å². The molecule has 150 valence electrons. The number of rotatable bonds is 7. The second kappa shape index (κ2) is 8.98. The van der Waals surface area contributed by atoms with Crippen molar-refractivity contribution in [2.75, 3.05) is 13.1 Å². The second-order valence-corrected chi connectivity index (χ2v) is 8.18. The van der Waals surface area contributed by atoms with Gasteiger partial charge in [0.05, 0.1) is 4.90 Å². The molecule has 0 spiro atoms. The summed E-state index contributed by atoms with van der Waals surface area (Å²) in [5, 5.41) is 0. The minimum absolute atomic E-state index is 0.154. The Balaban J connectivity index is 1.79. The molecule has 0 amide bonds. The topological polar surface area (TPSA) is 76.0 Å². The van der Waals surface area contributed by atoms with E-state index in [2.05, 4.69) is 4.99 Å². The fourth-order valence-electron chi connectivity index (χ4n) is 2.84. The maximum absolute atomic E-state index is 12.6. The Hall–Kier alpha value is -3.03. The van der Waals surface area contributed by atoms with E-state index in [1.807, 2.05) is 36.4 Å². The van der Waals surface area contributed by atoms with Crippen molar-refractivity contribution >= 4 is 28.0 Å². The number of benzene rings is 2. The summed E-state index contributed by atoms with van der Waals surface area (Å²) in [6.07, 6.45) is 5.18. The Labute approximate surface area is 170 Å². The fourth-order valence-corrected chi connectivity index (χ4v) is 4.30. The highest BCUT2D eigenvalue weighted by Gasteiger charge is 2.25. The number of carbonyl (C=O) groups excluding carboxylic acids is 1. The quantitative estimate of drug-likeness (QED) is 0.516. The van der Waals surface area contributed by atoms with Crippen LogP contribution in [0.5, 0.6) is 0 Å². The number of esters is 1. The van der Waals surface area contributed by atoms with Crippen LogP contribution in [0.3, 0.4) is 0 Å². The maximum atomic E-state index is 12.6. The molecule has 0 N–H and O–H groups in total. The van der Waals surface area contributed by atoms with Gasteiger partial charge in [-0.3, -0.25) is 0 Å². The zero-order chi connectivity index (χ0) is 20.9. The van der Waals surface area contributed by atoms with Crippen molar-refractivity contribution in [1.82, 2.24) is 4.31 Å². The van der Waals surface area contributed by atoms with E-state index in [1.165, 1.54) is 16.4 Å². The number of nitrogens with zero attached hydrogens (tertiary/aromatic N) is 2. The first kappa shape index (κ1) is 20.7. The van der Waals surface area contributed by atoms with Crippen LogP contribution in [0.1, 0.15) is 25.0 Å². The molecule has 0 fully saturated rings. The Morgan fingerprint density at radius 1 is 1.00 bits per heavy atom. The molecule has 6 nitrogen and oxygen atoms in total. The molecule has 0 aliphatic carbocycles. The van der Waals surface area contributed by atoms with Crippen molar-refractivity contribution in [3.05, 3.63) is 83.6 Å². The lowest BCUT2D eigenvalue weighted by molar-refractivity contribution is -0.130. The molecule has 0 unspecified atom stereocenters. The summed E-state index contributed by atoms with van der Waals surface area (Å²) in [6, 6.07) is 15.9. The van der Waals surface area contributed by atoms with E-state index >= 15 is 0 Å². The molecule has 7 heteroatoms. The Morgan fingerprint density at radius 2 is 1.66 bits per heavy atom. The molecule has 0 bridgehead atoms. The minimum atomic E-state index is -3.54. The average molecular weight is 410 g/mol. The van der Waals surface area contributed by atoms with Crippen molar-refractivity contribution in [2.24, 2.45) is 4.99 Å². The van der Waals surface area contributed by atoms with Gasteiger partial charge in [0.15, 0.2) is 5.70 Å². The van der Waals surface area contributed by atoms with Gasteiger partial charge in [0.25, 0.3) is 0 Å². The van der Waals surface area contributed by atoms with Gasteiger partial charge in [-0.05, 0) is 35.9 Å². The molecule has 0 radical (unpaired) electrons. The van der Waals surface area contributed by atoms with Crippen molar-refractivity contribution in [1.29, 1.82) is 0 Å². The molecular formula is C22H22N2O4S. The molecule has 0 saturated carbocycles. The van der Waals surface area contributed by atoms with Gasteiger partial charge in [-0.2, -0.15) is 4.31 Å². The highest BCUT2D eigenvalue weighted by molar-refractivity contribution is 7.89. The molecule has 1 heterocycles. The highest BCUT2D eigenvalue weighted by Crippen LogP contribution is 2.20. The standard InChI is InChI=1S/C22H22N2O4S/c1-3-24(4-2)29(26,27)19-15-13-18(14-16-19)21-23-20(22(25)28-21)12-8-11-17-9-6-5-7-10-17/h5-16H,3-4H2,1-2H3/b11-8+,20-12-. The van der Waals surface area contributed by atoms with E-state index in [9.17, 15) is 13.2 Å². The Morgan fingerprint density at radius 3 is 2.28 bits per heavy atom. The van der Waals surface area contributed by atoms with E-state index in [0.29, 0.717) is 18.7 Å². The van der Waals surface area contributed by atoms with Crippen LogP contribution in [-0.2, 0) is 19.6 Å². The third-order valence-corrected chi connectivity index (χ3v) is 6.47. The first-order valence-electron chi connectivity index (χ1n) is 9.30. The maximum Gasteiger partial charge on any atom is 0.363 e. The molecule has 0 saturated heterocycles. The first-order chi connectivity index (χ1) is 14.0. The molecule has 2 aromatic rings. The number of ether oxygens (including phenoxy) is 1. The normalized spacial score (nSPS) is 15.9. The number of carbonyl (C=O) groups is 1. The first-order valence-corrected chi connectivity index (χ1v) is 10.7. The van der Waals surface area contributed by atoms with Gasteiger partial charge in [-0.15, -0.1) is 0 Å². The van der Waals surface area contributed by atoms with Gasteiger partial charge in [0.1, 0.15) is 0 Å². The largest absolute Gasteiger partial charge is 0.402 e. The average Bonchev–Trinajstić information content (AvgIpc) is 3.10. The van der Waals surface area contributed by atoms with Crippen LogP contribution in [-0.4, -0.2) is 37.7 Å². The summed E-state index contributed by atoms with van der Waals surface area (Å²) in [4.78, 5) is 16.5. The highest BCUT2D eigenvalue weighted by atomic mass is 32.2. The lowest BCUT2D eigenvalue weighted by atomic mass is 10.2. The number of aliphatic imine (C=N–C) groups is 1. The van der Waals surface area contributed by atoms with Gasteiger partial charge in [-0.25, -0.2) is 18.2 Å². The third-order valence-electron chi connectivity index (χ3n) is 4.41. The van der Waals surface area contributed by atoms with E-state index < -0.39 is 16.0 Å². The lowest BCUT2D eigenvalue weighted by Crippen LogP contribution is -2.30. The van der Waals surface area contributed by atoms with Crippen molar-refractivity contribution in [3.8, 4) is 0 Å². The third kappa shape index (κ3) is 4.70. The number of hydrogen-bond acceptors (Lipinski definition) is 5. The summed E-state index contributed by atoms with van der Waals surface area (Å²) >= 11 is 0. The van der Waals surface area contributed by atoms with E-state index in [1.54, 1.807) is 38.1 Å². The predicted octanol–water partition coefficient (Wildman–Crippen LogP) is 3.62.